The number of hydrogen-bond donors (Lipinski definition) is 0. The van der Waals surface area contributed by atoms with Gasteiger partial charge in [0.25, 0.3) is 0 Å². The number of ether oxygens (including phenoxy) is 1. The minimum Gasteiger partial charge on any atom is -0.500 e. The molecule has 4 heterocycles. The summed E-state index contributed by atoms with van der Waals surface area (Å²) in [5, 5.41) is 7.58. The average Bonchev–Trinajstić information content (AvgIpc) is 3.81. The molecule has 0 spiro atoms. The third-order valence-electron chi connectivity index (χ3n) is 7.96. The van der Waals surface area contributed by atoms with E-state index in [2.05, 4.69) is 91.7 Å². The Kier molecular flexibility index (Phi) is 7.77. The van der Waals surface area contributed by atoms with E-state index in [1.807, 2.05) is 66.6 Å². The number of anilines is 2. The molecule has 45 heavy (non-hydrogen) atoms. The number of para-hydroxylation sites is 1. The molecule has 4 aromatic carbocycles. The summed E-state index contributed by atoms with van der Waals surface area (Å²) in [4.78, 5) is 8.97. The molecular weight excluding hydrogens is 774 g/mol. The fourth-order valence-corrected chi connectivity index (χ4v) is 7.46. The van der Waals surface area contributed by atoms with Crippen LogP contribution in [0.4, 0.5) is 11.4 Å². The minimum atomic E-state index is 0. The molecule has 4 nitrogen and oxygen atoms in total. The number of pyridine rings is 1. The first-order valence-electron chi connectivity index (χ1n) is 14.5. The molecule has 0 fully saturated rings. The number of thiophene rings is 2. The van der Waals surface area contributed by atoms with Crippen LogP contribution >= 0.6 is 22.7 Å². The van der Waals surface area contributed by atoms with Gasteiger partial charge in [-0.2, -0.15) is 22.8 Å². The predicted molar refractivity (Wildman–Crippen MR) is 186 cm³/mol. The smallest absolute Gasteiger partial charge is 0.107 e. The molecule has 0 atom stereocenters. The van der Waals surface area contributed by atoms with Gasteiger partial charge in [-0.15, -0.1) is 54.0 Å². The Morgan fingerprint density at radius 1 is 0.822 bits per heavy atom. The number of hydrogen-bond acceptors (Lipinski definition) is 6. The van der Waals surface area contributed by atoms with Gasteiger partial charge in [0.05, 0.1) is 0 Å². The van der Waals surface area contributed by atoms with Crippen molar-refractivity contribution in [2.75, 3.05) is 9.80 Å². The van der Waals surface area contributed by atoms with Crippen molar-refractivity contribution in [1.29, 1.82) is 0 Å². The van der Waals surface area contributed by atoms with Crippen molar-refractivity contribution >= 4 is 65.0 Å². The summed E-state index contributed by atoms with van der Waals surface area (Å²) in [7, 11) is 0. The van der Waals surface area contributed by atoms with Gasteiger partial charge in [-0.25, -0.2) is 0 Å². The van der Waals surface area contributed by atoms with Crippen LogP contribution in [0.2, 0.25) is 0 Å². The first-order chi connectivity index (χ1) is 21.4. The van der Waals surface area contributed by atoms with Gasteiger partial charge in [0, 0.05) is 49.1 Å². The summed E-state index contributed by atoms with van der Waals surface area (Å²) in [6, 6.07) is 36.6. The summed E-state index contributed by atoms with van der Waals surface area (Å²) < 4.78 is 8.90. The Bertz CT molecular complexity index is 2200. The van der Waals surface area contributed by atoms with E-state index < -0.39 is 0 Å². The van der Waals surface area contributed by atoms with Crippen molar-refractivity contribution in [3.05, 3.63) is 133 Å². The number of rotatable bonds is 5. The maximum atomic E-state index is 6.48. The van der Waals surface area contributed by atoms with Crippen molar-refractivity contribution in [3.63, 3.8) is 0 Å². The Balaban J connectivity index is 0.00000325. The molecule has 0 N–H and O–H groups in total. The van der Waals surface area contributed by atoms with Gasteiger partial charge in [-0.1, -0.05) is 60.7 Å². The monoisotopic (exact) mass is 801 g/mol. The van der Waals surface area contributed by atoms with E-state index in [-0.39, 0.29) is 26.5 Å². The standard InChI is InChI=1S/C38H28N3OS2.Pt/c1-38(2,3)25-14-16-39-34(20-25)32-22-31-29-15-19-43-35(29)13-12-30(31)37-33(32)23-36(44-37)42-28-11-7-10-27(21-28)41-18-17-40(24-41)26-8-5-4-6-9-26;/h4-20,22,24H,1-3H3;/q-3;. The predicted octanol–water partition coefficient (Wildman–Crippen LogP) is 10.9. The molecule has 0 saturated carbocycles. The molecule has 0 unspecified atom stereocenters. The van der Waals surface area contributed by atoms with Crippen LogP contribution in [0, 0.1) is 18.8 Å². The van der Waals surface area contributed by atoms with E-state index >= 15 is 0 Å². The van der Waals surface area contributed by atoms with Crippen molar-refractivity contribution in [1.82, 2.24) is 4.98 Å². The Labute approximate surface area is 285 Å². The second-order valence-electron chi connectivity index (χ2n) is 11.9. The fraction of sp³-hybridized carbons (Fsp3) is 0.105. The van der Waals surface area contributed by atoms with E-state index in [0.29, 0.717) is 10.8 Å². The molecular formula is C38H28N3OPtS2-3. The molecule has 0 radical (unpaired) electrons. The van der Waals surface area contributed by atoms with Crippen molar-refractivity contribution in [2.45, 2.75) is 26.2 Å². The van der Waals surface area contributed by atoms with E-state index in [1.165, 1.54) is 26.4 Å². The zero-order chi connectivity index (χ0) is 29.8. The van der Waals surface area contributed by atoms with Gasteiger partial charge in [0.2, 0.25) is 0 Å². The molecule has 3 aromatic heterocycles. The molecule has 1 aliphatic heterocycles. The van der Waals surface area contributed by atoms with Gasteiger partial charge in [0.1, 0.15) is 5.06 Å². The van der Waals surface area contributed by atoms with Crippen LogP contribution in [0.3, 0.4) is 0 Å². The Morgan fingerprint density at radius 3 is 2.51 bits per heavy atom. The Morgan fingerprint density at radius 2 is 1.67 bits per heavy atom. The van der Waals surface area contributed by atoms with Crippen molar-refractivity contribution in [2.24, 2.45) is 0 Å². The number of fused-ring (bicyclic) bond motifs is 5. The normalized spacial score (nSPS) is 13.2. The van der Waals surface area contributed by atoms with Gasteiger partial charge in [-0.05, 0) is 75.9 Å². The second-order valence-corrected chi connectivity index (χ2v) is 13.8. The summed E-state index contributed by atoms with van der Waals surface area (Å²) >= 11 is 3.39. The van der Waals surface area contributed by atoms with Crippen molar-refractivity contribution in [3.8, 4) is 22.1 Å². The maximum absolute atomic E-state index is 6.48. The average molecular weight is 802 g/mol. The van der Waals surface area contributed by atoms with Crippen LogP contribution in [0.15, 0.2) is 109 Å². The summed E-state index contributed by atoms with van der Waals surface area (Å²) in [6.07, 6.45) is 5.98. The number of nitrogens with zero attached hydrogens (tertiary/aromatic N) is 3. The second kappa shape index (κ2) is 11.8. The van der Waals surface area contributed by atoms with E-state index in [9.17, 15) is 0 Å². The van der Waals surface area contributed by atoms with E-state index in [0.717, 1.165) is 32.7 Å². The van der Waals surface area contributed by atoms with Crippen molar-refractivity contribution < 1.29 is 25.8 Å². The molecule has 1 aliphatic rings. The third-order valence-corrected chi connectivity index (χ3v) is 9.84. The van der Waals surface area contributed by atoms with Gasteiger partial charge in [-0.3, -0.25) is 4.98 Å². The van der Waals surface area contributed by atoms with Gasteiger partial charge in [0.15, 0.2) is 0 Å². The minimum absolute atomic E-state index is 0. The zero-order valence-electron chi connectivity index (χ0n) is 24.9. The molecule has 0 aliphatic carbocycles. The van der Waals surface area contributed by atoms with Gasteiger partial charge >= 0.3 is 0 Å². The molecule has 0 bridgehead atoms. The first kappa shape index (κ1) is 29.7. The van der Waals surface area contributed by atoms with E-state index in [1.54, 1.807) is 22.7 Å². The SMILES string of the molecule is CC(C)(C)c1ccnc(-c2cc3c4ccsc4ccc3c3sc(Oc4[c-]c(N5C=CN(c6ccccc6)[CH-]5)ccc4)[c-]c23)c1.[Pt]. The largest absolute Gasteiger partial charge is 0.500 e. The molecule has 0 saturated heterocycles. The number of aromatic nitrogens is 1. The van der Waals surface area contributed by atoms with Crippen LogP contribution in [0.5, 0.6) is 10.8 Å². The molecule has 0 amide bonds. The zero-order valence-corrected chi connectivity index (χ0v) is 28.8. The van der Waals surface area contributed by atoms with Crippen LogP contribution in [0.25, 0.3) is 42.2 Å². The molecule has 226 valence electrons. The molecule has 8 rings (SSSR count). The van der Waals surface area contributed by atoms with Gasteiger partial charge < -0.3 is 14.5 Å². The first-order valence-corrected chi connectivity index (χ1v) is 16.2. The summed E-state index contributed by atoms with van der Waals surface area (Å²) in [5.74, 6) is 0.643. The third kappa shape index (κ3) is 5.56. The van der Waals surface area contributed by atoms with Crippen LogP contribution < -0.4 is 14.5 Å². The van der Waals surface area contributed by atoms with E-state index in [4.69, 9.17) is 9.72 Å². The van der Waals surface area contributed by atoms with Crippen LogP contribution in [-0.2, 0) is 26.5 Å². The summed E-state index contributed by atoms with van der Waals surface area (Å²) in [5.41, 5.74) is 5.28. The topological polar surface area (TPSA) is 28.6 Å². The molecule has 7 aromatic rings. The maximum Gasteiger partial charge on any atom is 0.107 e. The fourth-order valence-electron chi connectivity index (χ4n) is 5.63. The quantitative estimate of drug-likeness (QED) is 0.162. The molecule has 7 heteroatoms. The Hall–Kier alpha value is -3.96. The number of benzene rings is 4. The van der Waals surface area contributed by atoms with Crippen LogP contribution in [-0.4, -0.2) is 4.98 Å². The summed E-state index contributed by atoms with van der Waals surface area (Å²) in [6.45, 7) is 8.75. The van der Waals surface area contributed by atoms with Crippen LogP contribution in [0.1, 0.15) is 26.3 Å².